The van der Waals surface area contributed by atoms with E-state index in [2.05, 4.69) is 10.3 Å². The van der Waals surface area contributed by atoms with Crippen LogP contribution in [0.25, 0.3) is 0 Å². The monoisotopic (exact) mass is 251 g/mol. The number of rotatable bonds is 2. The van der Waals surface area contributed by atoms with Gasteiger partial charge in [-0.3, -0.25) is 4.98 Å². The number of carbonyl (C=O) groups excluding carboxylic acids is 1. The quantitative estimate of drug-likeness (QED) is 0.708. The third-order valence-electron chi connectivity index (χ3n) is 3.08. The van der Waals surface area contributed by atoms with E-state index in [9.17, 15) is 9.90 Å². The number of anilines is 1. The summed E-state index contributed by atoms with van der Waals surface area (Å²) < 4.78 is 0. The predicted octanol–water partition coefficient (Wildman–Crippen LogP) is 0.351. The van der Waals surface area contributed by atoms with Crippen molar-refractivity contribution in [3.8, 4) is 0 Å². The SMILES string of the molecule is Cc1ccc(NC(=O)N2CCC(O)(CO)C2)cn1. The van der Waals surface area contributed by atoms with Gasteiger partial charge in [-0.15, -0.1) is 0 Å². The molecule has 1 aromatic heterocycles. The Morgan fingerprint density at radius 3 is 2.94 bits per heavy atom. The Kier molecular flexibility index (Phi) is 3.49. The summed E-state index contributed by atoms with van der Waals surface area (Å²) in [5.74, 6) is 0. The molecular weight excluding hydrogens is 234 g/mol. The first kappa shape index (κ1) is 12.8. The van der Waals surface area contributed by atoms with Crippen LogP contribution in [0.15, 0.2) is 18.3 Å². The smallest absolute Gasteiger partial charge is 0.321 e. The molecule has 2 heterocycles. The van der Waals surface area contributed by atoms with Gasteiger partial charge in [0.05, 0.1) is 25.0 Å². The molecule has 0 saturated carbocycles. The summed E-state index contributed by atoms with van der Waals surface area (Å²) >= 11 is 0. The zero-order valence-electron chi connectivity index (χ0n) is 10.3. The summed E-state index contributed by atoms with van der Waals surface area (Å²) in [4.78, 5) is 17.5. The van der Waals surface area contributed by atoms with Gasteiger partial charge in [-0.05, 0) is 25.5 Å². The Morgan fingerprint density at radius 2 is 2.39 bits per heavy atom. The number of nitrogens with zero attached hydrogens (tertiary/aromatic N) is 2. The highest BCUT2D eigenvalue weighted by atomic mass is 16.3. The van der Waals surface area contributed by atoms with Crippen LogP contribution in [0.2, 0.25) is 0 Å². The summed E-state index contributed by atoms with van der Waals surface area (Å²) in [7, 11) is 0. The fraction of sp³-hybridized carbons (Fsp3) is 0.500. The van der Waals surface area contributed by atoms with Crippen molar-refractivity contribution in [3.63, 3.8) is 0 Å². The highest BCUT2D eigenvalue weighted by molar-refractivity contribution is 5.89. The molecule has 1 fully saturated rings. The van der Waals surface area contributed by atoms with Gasteiger partial charge >= 0.3 is 6.03 Å². The van der Waals surface area contributed by atoms with Crippen molar-refractivity contribution in [1.29, 1.82) is 0 Å². The zero-order valence-corrected chi connectivity index (χ0v) is 10.3. The van der Waals surface area contributed by atoms with E-state index < -0.39 is 5.60 Å². The molecule has 1 aliphatic heterocycles. The Balaban J connectivity index is 1.95. The molecule has 18 heavy (non-hydrogen) atoms. The number of nitrogens with one attached hydrogen (secondary N) is 1. The van der Waals surface area contributed by atoms with Crippen molar-refractivity contribution in [1.82, 2.24) is 9.88 Å². The van der Waals surface area contributed by atoms with Gasteiger partial charge in [-0.1, -0.05) is 0 Å². The van der Waals surface area contributed by atoms with Crippen molar-refractivity contribution in [3.05, 3.63) is 24.0 Å². The lowest BCUT2D eigenvalue weighted by molar-refractivity contribution is -0.00246. The number of urea groups is 1. The van der Waals surface area contributed by atoms with E-state index in [1.54, 1.807) is 12.3 Å². The van der Waals surface area contributed by atoms with Crippen molar-refractivity contribution in [2.75, 3.05) is 25.0 Å². The lowest BCUT2D eigenvalue weighted by atomic mass is 10.1. The number of β-amino-alcohol motifs (C(OH)–C–C–N with tert-alkyl or cyclic N) is 1. The van der Waals surface area contributed by atoms with Crippen molar-refractivity contribution >= 4 is 11.7 Å². The van der Waals surface area contributed by atoms with E-state index >= 15 is 0 Å². The molecule has 3 N–H and O–H groups in total. The molecule has 0 aliphatic carbocycles. The van der Waals surface area contributed by atoms with Gasteiger partial charge in [0.2, 0.25) is 0 Å². The molecule has 0 radical (unpaired) electrons. The van der Waals surface area contributed by atoms with E-state index in [1.807, 2.05) is 13.0 Å². The first-order chi connectivity index (χ1) is 8.52. The largest absolute Gasteiger partial charge is 0.393 e. The average molecular weight is 251 g/mol. The number of pyridine rings is 1. The third-order valence-corrected chi connectivity index (χ3v) is 3.08. The molecule has 0 spiro atoms. The minimum atomic E-state index is -1.16. The van der Waals surface area contributed by atoms with E-state index in [0.717, 1.165) is 5.69 Å². The number of aliphatic hydroxyl groups excluding tert-OH is 1. The van der Waals surface area contributed by atoms with Gasteiger partial charge in [0.1, 0.15) is 5.60 Å². The van der Waals surface area contributed by atoms with Gasteiger partial charge in [0, 0.05) is 12.2 Å². The zero-order chi connectivity index (χ0) is 13.2. The number of aliphatic hydroxyl groups is 2. The first-order valence-corrected chi connectivity index (χ1v) is 5.84. The fourth-order valence-corrected chi connectivity index (χ4v) is 1.90. The van der Waals surface area contributed by atoms with Crippen LogP contribution < -0.4 is 5.32 Å². The highest BCUT2D eigenvalue weighted by Gasteiger charge is 2.37. The molecular formula is C12H17N3O3. The summed E-state index contributed by atoms with van der Waals surface area (Å²) in [6, 6.07) is 3.29. The maximum Gasteiger partial charge on any atom is 0.321 e. The number of hydrogen-bond acceptors (Lipinski definition) is 4. The van der Waals surface area contributed by atoms with E-state index in [1.165, 1.54) is 4.90 Å². The maximum atomic E-state index is 11.9. The minimum Gasteiger partial charge on any atom is -0.393 e. The van der Waals surface area contributed by atoms with Crippen molar-refractivity contribution in [2.45, 2.75) is 18.9 Å². The highest BCUT2D eigenvalue weighted by Crippen LogP contribution is 2.21. The number of aromatic nitrogens is 1. The Bertz CT molecular complexity index is 435. The van der Waals surface area contributed by atoms with Gasteiger partial charge in [0.15, 0.2) is 0 Å². The van der Waals surface area contributed by atoms with Crippen molar-refractivity contribution in [2.24, 2.45) is 0 Å². The average Bonchev–Trinajstić information content (AvgIpc) is 2.76. The second-order valence-electron chi connectivity index (χ2n) is 4.67. The summed E-state index contributed by atoms with van der Waals surface area (Å²) in [5.41, 5.74) is 0.330. The molecule has 1 atom stereocenters. The molecule has 0 bridgehead atoms. The van der Waals surface area contributed by atoms with Crippen LogP contribution in [0.4, 0.5) is 10.5 Å². The molecule has 1 saturated heterocycles. The molecule has 2 rings (SSSR count). The van der Waals surface area contributed by atoms with Crippen molar-refractivity contribution < 1.29 is 15.0 Å². The number of carbonyl (C=O) groups is 1. The second-order valence-corrected chi connectivity index (χ2v) is 4.67. The third kappa shape index (κ3) is 2.77. The topological polar surface area (TPSA) is 85.7 Å². The van der Waals surface area contributed by atoms with Crippen LogP contribution in [0.3, 0.4) is 0 Å². The van der Waals surface area contributed by atoms with Gasteiger partial charge < -0.3 is 20.4 Å². The maximum absolute atomic E-state index is 11.9. The summed E-state index contributed by atoms with van der Waals surface area (Å²) in [6.07, 6.45) is 1.98. The molecule has 0 aromatic carbocycles. The number of likely N-dealkylation sites (tertiary alicyclic amines) is 1. The van der Waals surface area contributed by atoms with Crippen LogP contribution in [0, 0.1) is 6.92 Å². The van der Waals surface area contributed by atoms with Gasteiger partial charge in [0.25, 0.3) is 0 Å². The second kappa shape index (κ2) is 4.91. The molecule has 6 nitrogen and oxygen atoms in total. The lowest BCUT2D eigenvalue weighted by Gasteiger charge is -2.21. The molecule has 1 aromatic rings. The van der Waals surface area contributed by atoms with Crippen LogP contribution in [-0.2, 0) is 0 Å². The molecule has 6 heteroatoms. The number of aryl methyl sites for hydroxylation is 1. The van der Waals surface area contributed by atoms with E-state index in [-0.39, 0.29) is 19.2 Å². The summed E-state index contributed by atoms with van der Waals surface area (Å²) in [5, 5.41) is 21.6. The normalized spacial score (nSPS) is 23.2. The number of amides is 2. The fourth-order valence-electron chi connectivity index (χ4n) is 1.90. The number of hydrogen-bond donors (Lipinski definition) is 3. The predicted molar refractivity (Wildman–Crippen MR) is 66.2 cm³/mol. The standard InChI is InChI=1S/C12H17N3O3/c1-9-2-3-10(6-13-9)14-11(17)15-5-4-12(18,7-15)8-16/h2-3,6,16,18H,4-5,7-8H2,1H3,(H,14,17). The minimum absolute atomic E-state index is 0.147. The summed E-state index contributed by atoms with van der Waals surface area (Å²) in [6.45, 7) is 2.12. The van der Waals surface area contributed by atoms with Gasteiger partial charge in [-0.2, -0.15) is 0 Å². The molecule has 1 aliphatic rings. The Hall–Kier alpha value is -1.66. The first-order valence-electron chi connectivity index (χ1n) is 5.84. The van der Waals surface area contributed by atoms with E-state index in [4.69, 9.17) is 5.11 Å². The lowest BCUT2D eigenvalue weighted by Crippen LogP contribution is -2.40. The molecule has 98 valence electrons. The van der Waals surface area contributed by atoms with E-state index in [0.29, 0.717) is 18.7 Å². The van der Waals surface area contributed by atoms with Crippen LogP contribution >= 0.6 is 0 Å². The van der Waals surface area contributed by atoms with Gasteiger partial charge in [-0.25, -0.2) is 4.79 Å². The Labute approximate surface area is 105 Å². The van der Waals surface area contributed by atoms with Crippen LogP contribution in [0.1, 0.15) is 12.1 Å². The molecule has 1 unspecified atom stereocenters. The van der Waals surface area contributed by atoms with Crippen LogP contribution in [-0.4, -0.2) is 51.4 Å². The van der Waals surface area contributed by atoms with Crippen LogP contribution in [0.5, 0.6) is 0 Å². The molecule has 2 amide bonds. The Morgan fingerprint density at radius 1 is 1.61 bits per heavy atom.